The lowest BCUT2D eigenvalue weighted by Gasteiger charge is -2.51. The molecule has 52 nitrogen and oxygen atoms in total. The first-order valence-corrected chi connectivity index (χ1v) is 37.1. The molecule has 0 saturated carbocycles. The third-order valence-electron chi connectivity index (χ3n) is 21.3. The SMILES string of the molecule is CC(=O)N[C@@H]1[C@@H](O)[C@H](O[C@@H]2O[C@H](CO)[C@@H](O[C@@H]3O[C@H](CO[C@H]4O[C@H](CO[C@@H]5O[C@H](CO)[C@@H](O)[C@H](O[C@@H]6O[C@H](CO)[C@H](O)[C@H](O[C@]7(C(=O)O)C[C@H](O)[C@@H](NC(C)=O)[C@H]([C@H](O)[C@H](O)CO)O7)[C@H]6O)[C@H]5NC(C)=O)[C@@H](O)[C@H](O)[C@@H]4O)[C@@H](O)[C@H](O[C@H]4O[C@H](CO)[C@@H](O)[C@H](O)[C@@H]4O)[C@@H]3O)[C@H](O)[C@H]2NC(C)=O)[C@@H](CO[C@@H]2O[C@@H](C)[C@@H](O)[C@@H](O)[C@@H]2O)O[C@H]1O. The zero-order valence-electron chi connectivity index (χ0n) is 63.0. The Hall–Kier alpha value is -4.33. The summed E-state index contributed by atoms with van der Waals surface area (Å²) in [5.41, 5.74) is 0. The summed E-state index contributed by atoms with van der Waals surface area (Å²) in [5.74, 6) is -8.99. The number of aliphatic hydroxyl groups excluding tert-OH is 25. The minimum absolute atomic E-state index is 0.814. The van der Waals surface area contributed by atoms with Gasteiger partial charge in [-0.15, -0.1) is 0 Å². The first kappa shape index (κ1) is 96.5. The van der Waals surface area contributed by atoms with Crippen LogP contribution in [-0.4, -0.2) is 497 Å². The molecule has 9 fully saturated rings. The van der Waals surface area contributed by atoms with Crippen molar-refractivity contribution in [2.45, 2.75) is 323 Å². The smallest absolute Gasteiger partial charge is 0.364 e. The number of carboxylic acids is 1. The maximum atomic E-state index is 13.2. The molecule has 30 N–H and O–H groups in total. The Morgan fingerprint density at radius 2 is 0.744 bits per heavy atom. The lowest BCUT2D eigenvalue weighted by atomic mass is 9.88. The molecule has 46 atom stereocenters. The second-order valence-corrected chi connectivity index (χ2v) is 29.7. The Morgan fingerprint density at radius 3 is 1.29 bits per heavy atom. The third kappa shape index (κ3) is 21.5. The van der Waals surface area contributed by atoms with E-state index in [1.807, 2.05) is 0 Å². The van der Waals surface area contributed by atoms with Crippen LogP contribution in [0.15, 0.2) is 0 Å². The maximum Gasteiger partial charge on any atom is 0.364 e. The van der Waals surface area contributed by atoms with Crippen LogP contribution >= 0.6 is 0 Å². The van der Waals surface area contributed by atoms with Gasteiger partial charge in [0.15, 0.2) is 50.3 Å². The van der Waals surface area contributed by atoms with Gasteiger partial charge in [0.25, 0.3) is 5.79 Å². The van der Waals surface area contributed by atoms with Gasteiger partial charge in [-0.1, -0.05) is 0 Å². The van der Waals surface area contributed by atoms with Gasteiger partial charge in [0, 0.05) is 34.1 Å². The van der Waals surface area contributed by atoms with Crippen molar-refractivity contribution in [3.05, 3.63) is 0 Å². The van der Waals surface area contributed by atoms with Crippen molar-refractivity contribution >= 4 is 29.6 Å². The Labute approximate surface area is 662 Å². The van der Waals surface area contributed by atoms with E-state index in [2.05, 4.69) is 21.3 Å². The van der Waals surface area contributed by atoms with E-state index in [4.69, 9.17) is 80.5 Å². The molecule has 52 heteroatoms. The zero-order valence-corrected chi connectivity index (χ0v) is 63.0. The van der Waals surface area contributed by atoms with Crippen LogP contribution in [0.5, 0.6) is 0 Å². The molecule has 0 aliphatic carbocycles. The quantitative estimate of drug-likeness (QED) is 0.0306. The summed E-state index contributed by atoms with van der Waals surface area (Å²) in [6.07, 6.45) is -86.1. The summed E-state index contributed by atoms with van der Waals surface area (Å²) >= 11 is 0. The van der Waals surface area contributed by atoms with Crippen molar-refractivity contribution < 1.29 is 237 Å². The maximum absolute atomic E-state index is 13.2. The molecule has 0 aromatic heterocycles. The van der Waals surface area contributed by atoms with Crippen molar-refractivity contribution in [3.63, 3.8) is 0 Å². The van der Waals surface area contributed by atoms with Gasteiger partial charge in [-0.25, -0.2) is 4.79 Å². The highest BCUT2D eigenvalue weighted by Crippen LogP contribution is 2.41. The second-order valence-electron chi connectivity index (χ2n) is 29.7. The Bertz CT molecular complexity index is 3190. The topological polar surface area (TPSA) is 816 Å². The highest BCUT2D eigenvalue weighted by Gasteiger charge is 2.63. The zero-order chi connectivity index (χ0) is 86.6. The number of carbonyl (C=O) groups excluding carboxylic acids is 4. The average Bonchev–Trinajstić information content (AvgIpc) is 0.756. The van der Waals surface area contributed by atoms with Crippen molar-refractivity contribution in [3.8, 4) is 0 Å². The first-order chi connectivity index (χ1) is 55.1. The van der Waals surface area contributed by atoms with E-state index in [1.54, 1.807) is 0 Å². The van der Waals surface area contributed by atoms with Gasteiger partial charge >= 0.3 is 5.97 Å². The number of nitrogens with one attached hydrogen (secondary N) is 4. The van der Waals surface area contributed by atoms with E-state index in [0.29, 0.717) is 0 Å². The van der Waals surface area contributed by atoms with Crippen LogP contribution in [-0.2, 0) is 104 Å². The fourth-order valence-electron chi connectivity index (χ4n) is 14.9. The first-order valence-electron chi connectivity index (χ1n) is 37.1. The molecule has 0 aromatic rings. The second kappa shape index (κ2) is 41.4. The fourth-order valence-corrected chi connectivity index (χ4v) is 14.9. The van der Waals surface area contributed by atoms with E-state index in [-0.39, 0.29) is 0 Å². The number of amides is 4. The molecule has 117 heavy (non-hydrogen) atoms. The summed E-state index contributed by atoms with van der Waals surface area (Å²) in [6, 6.07) is -7.27. The van der Waals surface area contributed by atoms with Crippen molar-refractivity contribution in [2.75, 3.05) is 52.9 Å². The molecular weight excluding hydrogens is 1600 g/mol. The molecule has 4 amide bonds. The van der Waals surface area contributed by atoms with E-state index in [9.17, 15) is 157 Å². The van der Waals surface area contributed by atoms with E-state index < -0.39 is 371 Å². The molecule has 9 rings (SSSR count). The van der Waals surface area contributed by atoms with E-state index in [0.717, 1.165) is 27.7 Å². The van der Waals surface area contributed by atoms with Gasteiger partial charge in [0.05, 0.1) is 71.1 Å². The molecule has 0 unspecified atom stereocenters. The molecule has 0 bridgehead atoms. The van der Waals surface area contributed by atoms with Gasteiger partial charge in [0.2, 0.25) is 23.6 Å². The molecule has 9 heterocycles. The highest BCUT2D eigenvalue weighted by molar-refractivity contribution is 5.77. The third-order valence-corrected chi connectivity index (χ3v) is 21.3. The Balaban J connectivity index is 0.941. The summed E-state index contributed by atoms with van der Waals surface area (Å²) in [5, 5.41) is 297. The van der Waals surface area contributed by atoms with Crippen LogP contribution in [0.2, 0.25) is 0 Å². The fraction of sp³-hybridized carbons (Fsp3) is 0.923. The number of aliphatic carboxylic acids is 1. The van der Waals surface area contributed by atoms with Gasteiger partial charge in [-0.2, -0.15) is 0 Å². The molecule has 9 saturated heterocycles. The molecule has 0 spiro atoms. The van der Waals surface area contributed by atoms with Crippen molar-refractivity contribution in [2.24, 2.45) is 0 Å². The van der Waals surface area contributed by atoms with Crippen LogP contribution < -0.4 is 21.3 Å². The lowest BCUT2D eigenvalue weighted by molar-refractivity contribution is -0.385. The monoisotopic (exact) mass is 1710 g/mol. The summed E-state index contributed by atoms with van der Waals surface area (Å²) < 4.78 is 99.1. The number of carboxylic acid groups (broad SMARTS) is 1. The van der Waals surface area contributed by atoms with Crippen LogP contribution in [0.4, 0.5) is 0 Å². The van der Waals surface area contributed by atoms with Crippen molar-refractivity contribution in [1.29, 1.82) is 0 Å². The minimum Gasteiger partial charge on any atom is -0.477 e. The largest absolute Gasteiger partial charge is 0.477 e. The molecule has 0 radical (unpaired) electrons. The van der Waals surface area contributed by atoms with Gasteiger partial charge in [0.1, 0.15) is 207 Å². The number of ether oxygens (including phenoxy) is 17. The van der Waals surface area contributed by atoms with E-state index in [1.165, 1.54) is 6.92 Å². The van der Waals surface area contributed by atoms with Gasteiger partial charge in [-0.05, 0) is 6.92 Å². The number of hydrogen-bond donors (Lipinski definition) is 30. The Morgan fingerprint density at radius 1 is 0.368 bits per heavy atom. The normalized spacial score (nSPS) is 47.9. The predicted molar refractivity (Wildman–Crippen MR) is 359 cm³/mol. The van der Waals surface area contributed by atoms with Crippen LogP contribution in [0.25, 0.3) is 0 Å². The minimum atomic E-state index is -3.27. The van der Waals surface area contributed by atoms with Gasteiger partial charge in [-0.3, -0.25) is 19.2 Å². The van der Waals surface area contributed by atoms with Gasteiger partial charge < -0.3 is 235 Å². The summed E-state index contributed by atoms with van der Waals surface area (Å²) in [4.78, 5) is 63.8. The number of aliphatic hydroxyl groups is 25. The average molecular weight is 1710 g/mol. The van der Waals surface area contributed by atoms with E-state index >= 15 is 0 Å². The Kier molecular flexibility index (Phi) is 34.2. The highest BCUT2D eigenvalue weighted by atomic mass is 16.8. The van der Waals surface area contributed by atoms with Crippen LogP contribution in [0, 0.1) is 0 Å². The number of rotatable bonds is 31. The molecule has 9 aliphatic rings. The lowest BCUT2D eigenvalue weighted by Crippen LogP contribution is -2.71. The molecule has 9 aliphatic heterocycles. The van der Waals surface area contributed by atoms with Crippen molar-refractivity contribution in [1.82, 2.24) is 21.3 Å². The predicted octanol–water partition coefficient (Wildman–Crippen LogP) is -19.8. The molecule has 0 aromatic carbocycles. The van der Waals surface area contributed by atoms with Crippen LogP contribution in [0.3, 0.4) is 0 Å². The number of carbonyl (C=O) groups is 5. The molecule has 676 valence electrons. The summed E-state index contributed by atoms with van der Waals surface area (Å²) in [7, 11) is 0. The summed E-state index contributed by atoms with van der Waals surface area (Å²) in [6.45, 7) is -3.56. The molecular formula is C65H108N4O48. The number of hydrogen-bond acceptors (Lipinski definition) is 47. The van der Waals surface area contributed by atoms with Crippen LogP contribution in [0.1, 0.15) is 41.0 Å². The standard InChI is InChI=1S/C65H108N4O48/c1-15-33(81)42(90)45(93)59(104-15)103-14-28-51(40(88)30(56(98)105-28)67-17(3)76)112-58-31(68-18(4)77)41(89)50(25(11-74)109-58)113-62-48(96)54(115-61-47(95)43(91)35(83)22(8-71)107-61)39(87)27(111-62)13-102-60-46(94)44(92)36(84)26(110-60)12-101-57-32(69-19(5)78)52(37(85)23(9-72)106-57)114-63-49(97)55(38(86)24(10-73)108-63)117-65(64(99)100)6-20(79)29(66-16(2)75)53(116-65)34(82)21(80)7-70/h15,20-63,70-74,79-98H,6-14H2,1-5H3,(H,66,75)(H,67,76)(H,68,77)(H,69,78)(H,99,100)/t15-,20-,21+,22+,23+,24+,25+,26+,27+,28+,29+,30+,31+,32+,33+,34+,35+,36+,37+,38-,39+,40+,41+,42+,43-,44-,45-,46-,47-,48-,49+,50+,51+,52+,53+,54-,55-,56+,57+,58-,59+,60-,61+,62-,63-,65-/m0/s1.